The second-order valence-corrected chi connectivity index (χ2v) is 12.2. The molecule has 0 aliphatic carbocycles. The molecular weight excluding hydrogens is 593 g/mol. The van der Waals surface area contributed by atoms with Crippen LogP contribution in [0, 0.1) is 0 Å². The lowest BCUT2D eigenvalue weighted by atomic mass is 9.96. The molecule has 0 radical (unpaired) electrons. The summed E-state index contributed by atoms with van der Waals surface area (Å²) in [6.45, 7) is 2.14. The summed E-state index contributed by atoms with van der Waals surface area (Å²) < 4.78 is 5.65. The smallest absolute Gasteiger partial charge is 0.220 e. The van der Waals surface area contributed by atoms with Crippen molar-refractivity contribution >= 4 is 40.0 Å². The molecule has 1 aliphatic heterocycles. The van der Waals surface area contributed by atoms with Gasteiger partial charge in [-0.2, -0.15) is 0 Å². The summed E-state index contributed by atoms with van der Waals surface area (Å²) in [6.07, 6.45) is 3.51. The number of carbonyl (C=O) groups excluding carboxylic acids is 1. The van der Waals surface area contributed by atoms with Crippen LogP contribution in [0.2, 0.25) is 10.0 Å². The number of fused-ring (bicyclic) bond motifs is 1. The van der Waals surface area contributed by atoms with Gasteiger partial charge < -0.3 is 25.3 Å². The molecule has 0 spiro atoms. The number of H-pyrrole nitrogens is 1. The highest BCUT2D eigenvalue weighted by atomic mass is 35.5. The molecule has 1 unspecified atom stereocenters. The van der Waals surface area contributed by atoms with Crippen LogP contribution in [0.5, 0.6) is 5.88 Å². The molecule has 1 fully saturated rings. The molecule has 0 bridgehead atoms. The van der Waals surface area contributed by atoms with E-state index in [-0.39, 0.29) is 11.9 Å². The van der Waals surface area contributed by atoms with Crippen molar-refractivity contribution in [3.63, 3.8) is 0 Å². The maximum absolute atomic E-state index is 11.5. The monoisotopic (exact) mass is 627 g/mol. The number of nitrogens with one attached hydrogen (secondary N) is 3. The van der Waals surface area contributed by atoms with Gasteiger partial charge in [0, 0.05) is 77.0 Å². The summed E-state index contributed by atoms with van der Waals surface area (Å²) in [7, 11) is 5.75. The zero-order valence-corrected chi connectivity index (χ0v) is 26.5. The molecule has 0 saturated carbocycles. The highest BCUT2D eigenvalue weighted by molar-refractivity contribution is 6.39. The van der Waals surface area contributed by atoms with Gasteiger partial charge in [0.2, 0.25) is 11.8 Å². The molecule has 1 aliphatic rings. The van der Waals surface area contributed by atoms with Gasteiger partial charge in [-0.1, -0.05) is 77.8 Å². The highest BCUT2D eigenvalue weighted by Crippen LogP contribution is 2.42. The summed E-state index contributed by atoms with van der Waals surface area (Å²) in [5.41, 5.74) is 8.40. The van der Waals surface area contributed by atoms with Crippen LogP contribution < -0.4 is 15.4 Å². The number of amides is 1. The fourth-order valence-electron chi connectivity index (χ4n) is 5.87. The Kier molecular flexibility index (Phi) is 8.91. The first-order valence-corrected chi connectivity index (χ1v) is 15.4. The molecule has 3 aromatic carbocycles. The van der Waals surface area contributed by atoms with Gasteiger partial charge in [0.05, 0.1) is 22.8 Å². The lowest BCUT2D eigenvalue weighted by Gasteiger charge is -2.16. The number of pyridine rings is 1. The van der Waals surface area contributed by atoms with E-state index in [2.05, 4.69) is 59.0 Å². The molecule has 9 heteroatoms. The minimum Gasteiger partial charge on any atom is -0.481 e. The summed E-state index contributed by atoms with van der Waals surface area (Å²) in [5.74, 6) is 0.639. The highest BCUT2D eigenvalue weighted by Gasteiger charge is 2.21. The average Bonchev–Trinajstić information content (AvgIpc) is 3.62. The Hall–Kier alpha value is -3.88. The predicted molar refractivity (Wildman–Crippen MR) is 179 cm³/mol. The van der Waals surface area contributed by atoms with Gasteiger partial charge >= 0.3 is 0 Å². The van der Waals surface area contributed by atoms with Crippen molar-refractivity contribution in [1.82, 2.24) is 25.5 Å². The fourth-order valence-corrected chi connectivity index (χ4v) is 6.53. The first-order chi connectivity index (χ1) is 21.3. The number of hydrogen-bond acceptors (Lipinski definition) is 5. The second-order valence-electron chi connectivity index (χ2n) is 11.4. The van der Waals surface area contributed by atoms with Crippen LogP contribution in [0.1, 0.15) is 24.0 Å². The maximum atomic E-state index is 11.5. The molecular formula is C35H35Cl2N5O2. The van der Waals surface area contributed by atoms with Crippen molar-refractivity contribution in [2.24, 2.45) is 0 Å². The van der Waals surface area contributed by atoms with Crippen LogP contribution >= 0.6 is 23.2 Å². The molecule has 1 saturated heterocycles. The van der Waals surface area contributed by atoms with E-state index in [1.807, 2.05) is 48.5 Å². The van der Waals surface area contributed by atoms with Crippen molar-refractivity contribution in [3.8, 4) is 39.4 Å². The van der Waals surface area contributed by atoms with Crippen LogP contribution in [0.3, 0.4) is 0 Å². The minimum atomic E-state index is 0.111. The van der Waals surface area contributed by atoms with Gasteiger partial charge in [-0.15, -0.1) is 0 Å². The molecule has 3 N–H and O–H groups in total. The lowest BCUT2D eigenvalue weighted by Crippen LogP contribution is -2.35. The molecule has 44 heavy (non-hydrogen) atoms. The number of benzene rings is 3. The third-order valence-electron chi connectivity index (χ3n) is 8.05. The number of carbonyl (C=O) groups is 1. The number of aromatic amines is 1. The average molecular weight is 629 g/mol. The van der Waals surface area contributed by atoms with Crippen LogP contribution in [0.15, 0.2) is 72.9 Å². The standard InChI is InChI=1S/C35H35Cl2N5O2/c1-42(2)20-23-18-39-31-16-21(10-13-25(23)31)26-6-4-7-27(33(26)36)28-8-5-9-29(34(28)37)30-14-11-22(35(41-30)44-3)17-38-19-24-12-15-32(43)40-24/h4-11,13-14,16,18,24,38-39H,12,15,17,19-20H2,1-3H3,(H,40,43). The van der Waals surface area contributed by atoms with Crippen molar-refractivity contribution < 1.29 is 9.53 Å². The van der Waals surface area contributed by atoms with Gasteiger partial charge in [-0.25, -0.2) is 4.98 Å². The normalized spacial score (nSPS) is 14.9. The summed E-state index contributed by atoms with van der Waals surface area (Å²) in [5, 5.41) is 8.79. The number of halogens is 2. The summed E-state index contributed by atoms with van der Waals surface area (Å²) in [4.78, 5) is 21.9. The van der Waals surface area contributed by atoms with Gasteiger partial charge in [0.15, 0.2) is 0 Å². The van der Waals surface area contributed by atoms with Gasteiger partial charge in [-0.3, -0.25) is 4.79 Å². The van der Waals surface area contributed by atoms with E-state index in [0.29, 0.717) is 41.1 Å². The van der Waals surface area contributed by atoms with Crippen LogP contribution in [-0.4, -0.2) is 54.6 Å². The predicted octanol–water partition coefficient (Wildman–Crippen LogP) is 7.31. The summed E-state index contributed by atoms with van der Waals surface area (Å²) in [6, 6.07) is 22.5. The third kappa shape index (κ3) is 6.19. The number of rotatable bonds is 10. The van der Waals surface area contributed by atoms with E-state index in [9.17, 15) is 4.79 Å². The van der Waals surface area contributed by atoms with E-state index in [1.54, 1.807) is 7.11 Å². The number of methoxy groups -OCH3 is 1. The molecule has 5 aromatic rings. The van der Waals surface area contributed by atoms with Crippen molar-refractivity contribution in [3.05, 3.63) is 94.1 Å². The van der Waals surface area contributed by atoms with E-state index < -0.39 is 0 Å². The van der Waals surface area contributed by atoms with Gasteiger partial charge in [0.1, 0.15) is 0 Å². The van der Waals surface area contributed by atoms with Crippen molar-refractivity contribution in [2.45, 2.75) is 32.0 Å². The Morgan fingerprint density at radius 2 is 1.68 bits per heavy atom. The number of aromatic nitrogens is 2. The number of nitrogens with zero attached hydrogens (tertiary/aromatic N) is 2. The third-order valence-corrected chi connectivity index (χ3v) is 8.87. The molecule has 226 valence electrons. The second kappa shape index (κ2) is 13.0. The lowest BCUT2D eigenvalue weighted by molar-refractivity contribution is -0.119. The number of ether oxygens (including phenoxy) is 1. The fraction of sp³-hybridized carbons (Fsp3) is 0.257. The van der Waals surface area contributed by atoms with E-state index in [1.165, 1.54) is 10.9 Å². The minimum absolute atomic E-state index is 0.111. The zero-order valence-electron chi connectivity index (χ0n) is 25.0. The molecule has 1 amide bonds. The molecule has 1 atom stereocenters. The first kappa shape index (κ1) is 30.2. The Morgan fingerprint density at radius 3 is 2.39 bits per heavy atom. The van der Waals surface area contributed by atoms with Crippen molar-refractivity contribution in [1.29, 1.82) is 0 Å². The number of hydrogen-bond donors (Lipinski definition) is 3. The molecule has 2 aromatic heterocycles. The Labute approximate surface area is 267 Å². The van der Waals surface area contributed by atoms with E-state index >= 15 is 0 Å². The van der Waals surface area contributed by atoms with Crippen LogP contribution in [-0.2, 0) is 17.9 Å². The molecule has 7 nitrogen and oxygen atoms in total. The Morgan fingerprint density at radius 1 is 0.955 bits per heavy atom. The van der Waals surface area contributed by atoms with E-state index in [0.717, 1.165) is 51.9 Å². The maximum Gasteiger partial charge on any atom is 0.220 e. The largest absolute Gasteiger partial charge is 0.481 e. The quantitative estimate of drug-likeness (QED) is 0.151. The molecule has 3 heterocycles. The van der Waals surface area contributed by atoms with Gasteiger partial charge in [0.25, 0.3) is 0 Å². The SMILES string of the molecule is COc1nc(-c2cccc(-c3cccc(-c4ccc5c(CN(C)C)c[nH]c5c4)c3Cl)c2Cl)ccc1CNCC1CCC(=O)N1. The van der Waals surface area contributed by atoms with Crippen LogP contribution in [0.4, 0.5) is 0 Å². The van der Waals surface area contributed by atoms with E-state index in [4.69, 9.17) is 32.9 Å². The zero-order chi connectivity index (χ0) is 30.8. The Bertz CT molecular complexity index is 1830. The van der Waals surface area contributed by atoms with Crippen LogP contribution in [0.25, 0.3) is 44.4 Å². The Balaban J connectivity index is 1.27. The first-order valence-electron chi connectivity index (χ1n) is 14.7. The van der Waals surface area contributed by atoms with Crippen molar-refractivity contribution in [2.75, 3.05) is 27.7 Å². The summed E-state index contributed by atoms with van der Waals surface area (Å²) >= 11 is 14.2. The molecule has 6 rings (SSSR count). The topological polar surface area (TPSA) is 82.3 Å². The van der Waals surface area contributed by atoms with Gasteiger partial charge in [-0.05, 0) is 43.8 Å².